The van der Waals surface area contributed by atoms with Crippen LogP contribution in [0.3, 0.4) is 0 Å². The van der Waals surface area contributed by atoms with Crippen LogP contribution in [0.5, 0.6) is 0 Å². The minimum Gasteiger partial charge on any atom is -0.383 e. The lowest BCUT2D eigenvalue weighted by molar-refractivity contribution is -0.0959. The fourth-order valence-corrected chi connectivity index (χ4v) is 4.96. The molecule has 0 amide bonds. The van der Waals surface area contributed by atoms with Crippen molar-refractivity contribution >= 4 is 0 Å². The molecule has 2 aromatic carbocycles. The Morgan fingerprint density at radius 3 is 2.47 bits per heavy atom. The molecule has 3 aromatic rings. The molecule has 2 N–H and O–H groups in total. The quantitative estimate of drug-likeness (QED) is 0.680. The summed E-state index contributed by atoms with van der Waals surface area (Å²) >= 11 is 0. The molecule has 5 rings (SSSR count). The van der Waals surface area contributed by atoms with Crippen molar-refractivity contribution in [1.82, 2.24) is 30.4 Å². The first-order valence-corrected chi connectivity index (χ1v) is 10.8. The Kier molecular flexibility index (Phi) is 5.33. The van der Waals surface area contributed by atoms with E-state index in [9.17, 15) is 5.11 Å². The molecule has 0 spiro atoms. The van der Waals surface area contributed by atoms with Crippen molar-refractivity contribution in [2.24, 2.45) is 0 Å². The number of benzene rings is 2. The fourth-order valence-electron chi connectivity index (χ4n) is 4.96. The minimum atomic E-state index is -0.787. The van der Waals surface area contributed by atoms with Gasteiger partial charge in [-0.1, -0.05) is 54.6 Å². The lowest BCUT2D eigenvalue weighted by atomic mass is 9.79. The zero-order valence-electron chi connectivity index (χ0n) is 17.1. The molecule has 2 fully saturated rings. The van der Waals surface area contributed by atoms with Crippen LogP contribution in [0.15, 0.2) is 54.6 Å². The summed E-state index contributed by atoms with van der Waals surface area (Å²) in [7, 11) is 0. The van der Waals surface area contributed by atoms with Gasteiger partial charge in [0.25, 0.3) is 0 Å². The van der Waals surface area contributed by atoms with Crippen LogP contribution in [0.25, 0.3) is 11.4 Å². The molecule has 2 aliphatic rings. The summed E-state index contributed by atoms with van der Waals surface area (Å²) in [6.45, 7) is 4.78. The molecule has 2 atom stereocenters. The SMILES string of the molecule is O[C@]1(c2ccccc2)CCN(Cc2ccc(-c3nn[nH]n3)cc2)C[C@H]1N1CCCC1. The van der Waals surface area contributed by atoms with Crippen molar-refractivity contribution in [3.63, 3.8) is 0 Å². The minimum absolute atomic E-state index is 0.120. The summed E-state index contributed by atoms with van der Waals surface area (Å²) < 4.78 is 0. The van der Waals surface area contributed by atoms with Gasteiger partial charge in [0.1, 0.15) is 5.60 Å². The number of H-pyrrole nitrogens is 1. The van der Waals surface area contributed by atoms with Gasteiger partial charge in [-0.05, 0) is 48.7 Å². The average Bonchev–Trinajstić information content (AvgIpc) is 3.51. The molecule has 1 aromatic heterocycles. The van der Waals surface area contributed by atoms with E-state index in [0.717, 1.165) is 50.3 Å². The van der Waals surface area contributed by atoms with E-state index >= 15 is 0 Å². The number of rotatable bonds is 5. The van der Waals surface area contributed by atoms with Gasteiger partial charge in [-0.3, -0.25) is 9.80 Å². The fraction of sp³-hybridized carbons (Fsp3) is 0.435. The van der Waals surface area contributed by atoms with Gasteiger partial charge in [-0.2, -0.15) is 5.21 Å². The van der Waals surface area contributed by atoms with E-state index in [1.54, 1.807) is 0 Å². The zero-order chi connectivity index (χ0) is 20.4. The van der Waals surface area contributed by atoms with Gasteiger partial charge < -0.3 is 5.11 Å². The number of hydrogen-bond donors (Lipinski definition) is 2. The maximum absolute atomic E-state index is 11.8. The van der Waals surface area contributed by atoms with Crippen LogP contribution < -0.4 is 0 Å². The van der Waals surface area contributed by atoms with Crippen LogP contribution in [-0.2, 0) is 12.1 Å². The lowest BCUT2D eigenvalue weighted by Gasteiger charge is -2.48. The highest BCUT2D eigenvalue weighted by Crippen LogP contribution is 2.37. The molecular weight excluding hydrogens is 376 g/mol. The molecule has 0 aliphatic carbocycles. The van der Waals surface area contributed by atoms with Gasteiger partial charge in [0.05, 0.1) is 6.04 Å². The van der Waals surface area contributed by atoms with E-state index in [1.165, 1.54) is 18.4 Å². The van der Waals surface area contributed by atoms with Crippen LogP contribution in [0.1, 0.15) is 30.4 Å². The van der Waals surface area contributed by atoms with Gasteiger partial charge in [0, 0.05) is 25.2 Å². The summed E-state index contributed by atoms with van der Waals surface area (Å²) in [4.78, 5) is 4.97. The number of nitrogens with zero attached hydrogens (tertiary/aromatic N) is 5. The number of likely N-dealkylation sites (tertiary alicyclic amines) is 2. The third kappa shape index (κ3) is 3.76. The average molecular weight is 405 g/mol. The maximum atomic E-state index is 11.8. The van der Waals surface area contributed by atoms with Gasteiger partial charge in [-0.25, -0.2) is 0 Å². The summed E-state index contributed by atoms with van der Waals surface area (Å²) in [6.07, 6.45) is 3.19. The monoisotopic (exact) mass is 404 g/mol. The number of aromatic nitrogens is 4. The smallest absolute Gasteiger partial charge is 0.204 e. The van der Waals surface area contributed by atoms with E-state index in [4.69, 9.17) is 0 Å². The lowest BCUT2D eigenvalue weighted by Crippen LogP contribution is -2.60. The van der Waals surface area contributed by atoms with Gasteiger partial charge in [-0.15, -0.1) is 10.2 Å². The Bertz CT molecular complexity index is 940. The Morgan fingerprint density at radius 2 is 1.77 bits per heavy atom. The van der Waals surface area contributed by atoms with Gasteiger partial charge >= 0.3 is 0 Å². The molecule has 3 heterocycles. The second-order valence-electron chi connectivity index (χ2n) is 8.47. The normalized spacial score (nSPS) is 25.6. The van der Waals surface area contributed by atoms with E-state index < -0.39 is 5.60 Å². The molecule has 2 aliphatic heterocycles. The molecule has 2 saturated heterocycles. The summed E-state index contributed by atoms with van der Waals surface area (Å²) in [5.74, 6) is 0.613. The van der Waals surface area contributed by atoms with Crippen LogP contribution in [0.4, 0.5) is 0 Å². The molecule has 0 saturated carbocycles. The largest absolute Gasteiger partial charge is 0.383 e. The van der Waals surface area contributed by atoms with E-state index in [-0.39, 0.29) is 6.04 Å². The van der Waals surface area contributed by atoms with Crippen molar-refractivity contribution < 1.29 is 5.11 Å². The summed E-state index contributed by atoms with van der Waals surface area (Å²) in [5, 5.41) is 26.0. The second kappa shape index (κ2) is 8.26. The Hall–Kier alpha value is -2.61. The zero-order valence-corrected chi connectivity index (χ0v) is 17.1. The number of aromatic amines is 1. The summed E-state index contributed by atoms with van der Waals surface area (Å²) in [6, 6.07) is 18.7. The standard InChI is InChI=1S/C23H28N6O/c30-23(20-6-2-1-3-7-20)12-15-28(17-21(23)29-13-4-5-14-29)16-18-8-10-19(11-9-18)22-24-26-27-25-22/h1-3,6-11,21,30H,4-5,12-17H2,(H,24,25,26,27)/t21-,23+/m1/s1. The first-order chi connectivity index (χ1) is 14.7. The van der Waals surface area contributed by atoms with Gasteiger partial charge in [0.2, 0.25) is 5.82 Å². The number of tetrazole rings is 1. The Labute approximate surface area is 176 Å². The predicted molar refractivity (Wildman–Crippen MR) is 114 cm³/mol. The van der Waals surface area contributed by atoms with Gasteiger partial charge in [0.15, 0.2) is 0 Å². The highest BCUT2D eigenvalue weighted by atomic mass is 16.3. The number of nitrogens with one attached hydrogen (secondary N) is 1. The van der Waals surface area contributed by atoms with Crippen LogP contribution in [0, 0.1) is 0 Å². The van der Waals surface area contributed by atoms with Crippen molar-refractivity contribution in [3.05, 3.63) is 65.7 Å². The predicted octanol–water partition coefficient (Wildman–Crippen LogP) is 2.42. The molecule has 0 radical (unpaired) electrons. The second-order valence-corrected chi connectivity index (χ2v) is 8.47. The topological polar surface area (TPSA) is 81.2 Å². The third-order valence-electron chi connectivity index (χ3n) is 6.61. The molecule has 7 nitrogen and oxygen atoms in total. The van der Waals surface area contributed by atoms with Crippen molar-refractivity contribution in [2.45, 2.75) is 37.5 Å². The van der Waals surface area contributed by atoms with E-state index in [0.29, 0.717) is 5.82 Å². The first kappa shape index (κ1) is 19.4. The number of piperidine rings is 1. The molecule has 7 heteroatoms. The van der Waals surface area contributed by atoms with Crippen molar-refractivity contribution in [3.8, 4) is 11.4 Å². The summed E-state index contributed by atoms with van der Waals surface area (Å²) in [5.41, 5.74) is 2.48. The number of aliphatic hydroxyl groups is 1. The van der Waals surface area contributed by atoms with E-state index in [2.05, 4.69) is 54.7 Å². The number of hydrogen-bond acceptors (Lipinski definition) is 6. The first-order valence-electron chi connectivity index (χ1n) is 10.8. The Morgan fingerprint density at radius 1 is 1.00 bits per heavy atom. The molecule has 30 heavy (non-hydrogen) atoms. The van der Waals surface area contributed by atoms with E-state index in [1.807, 2.05) is 30.3 Å². The Balaban J connectivity index is 1.33. The van der Waals surface area contributed by atoms with Crippen molar-refractivity contribution in [2.75, 3.05) is 26.2 Å². The highest BCUT2D eigenvalue weighted by Gasteiger charge is 2.46. The molecular formula is C23H28N6O. The molecule has 0 unspecified atom stereocenters. The molecule has 156 valence electrons. The van der Waals surface area contributed by atoms with Crippen molar-refractivity contribution in [1.29, 1.82) is 0 Å². The molecule has 0 bridgehead atoms. The maximum Gasteiger partial charge on any atom is 0.204 e. The third-order valence-corrected chi connectivity index (χ3v) is 6.61. The van der Waals surface area contributed by atoms with Crippen LogP contribution in [-0.4, -0.2) is 67.8 Å². The van der Waals surface area contributed by atoms with Crippen LogP contribution in [0.2, 0.25) is 0 Å². The highest BCUT2D eigenvalue weighted by molar-refractivity contribution is 5.54. The van der Waals surface area contributed by atoms with Crippen LogP contribution >= 0.6 is 0 Å².